The molecule has 0 atom stereocenters. The van der Waals surface area contributed by atoms with Crippen LogP contribution in [0, 0.1) is 0 Å². The van der Waals surface area contributed by atoms with E-state index in [1.165, 1.54) is 5.56 Å². The lowest BCUT2D eigenvalue weighted by atomic mass is 10.1. The molecular weight excluding hydrogens is 294 g/mol. The van der Waals surface area contributed by atoms with Crippen molar-refractivity contribution in [2.75, 3.05) is 26.9 Å². The van der Waals surface area contributed by atoms with Gasteiger partial charge in [0.05, 0.1) is 19.8 Å². The molecule has 0 fully saturated rings. The molecule has 0 aliphatic carbocycles. The van der Waals surface area contributed by atoms with Crippen molar-refractivity contribution in [2.45, 2.75) is 19.3 Å². The molecule has 5 heteroatoms. The van der Waals surface area contributed by atoms with Gasteiger partial charge in [-0.3, -0.25) is 0 Å². The second kappa shape index (κ2) is 9.69. The topological polar surface area (TPSA) is 56.8 Å². The monoisotopic (exact) mass is 317 g/mol. The summed E-state index contributed by atoms with van der Waals surface area (Å²) >= 11 is 0. The van der Waals surface area contributed by atoms with E-state index in [1.807, 2.05) is 36.4 Å². The average Bonchev–Trinajstić information content (AvgIpc) is 2.61. The Hall–Kier alpha value is -2.27. The van der Waals surface area contributed by atoms with Gasteiger partial charge in [0, 0.05) is 13.5 Å². The van der Waals surface area contributed by atoms with E-state index < -0.39 is 0 Å². The molecule has 0 unspecified atom stereocenters. The van der Waals surface area contributed by atoms with Crippen molar-refractivity contribution in [3.63, 3.8) is 0 Å². The number of carbonyl (C=O) groups excluding carboxylic acids is 1. The first-order valence-electron chi connectivity index (χ1n) is 7.79. The summed E-state index contributed by atoms with van der Waals surface area (Å²) in [4.78, 5) is 11.7. The highest BCUT2D eigenvalue weighted by molar-refractivity contribution is 5.88. The van der Waals surface area contributed by atoms with Crippen LogP contribution in [0.2, 0.25) is 0 Å². The van der Waals surface area contributed by atoms with Gasteiger partial charge in [-0.15, -0.1) is 0 Å². The molecule has 23 heavy (non-hydrogen) atoms. The average molecular weight is 317 g/mol. The van der Waals surface area contributed by atoms with Crippen molar-refractivity contribution < 1.29 is 19.0 Å². The van der Waals surface area contributed by atoms with Crippen LogP contribution in [0.15, 0.2) is 48.3 Å². The number of benzene rings is 1. The number of allylic oxidation sites excluding steroid dienone is 2. The molecule has 1 aromatic rings. The van der Waals surface area contributed by atoms with E-state index in [0.29, 0.717) is 31.9 Å². The largest absolute Gasteiger partial charge is 0.493 e. The third-order valence-corrected chi connectivity index (χ3v) is 3.34. The Kier molecular flexibility index (Phi) is 7.20. The van der Waals surface area contributed by atoms with E-state index in [1.54, 1.807) is 13.3 Å². The molecule has 1 aliphatic rings. The molecule has 1 aromatic carbocycles. The molecule has 5 nitrogen and oxygen atoms in total. The van der Waals surface area contributed by atoms with Crippen molar-refractivity contribution in [1.82, 2.24) is 5.32 Å². The number of carbonyl (C=O) groups is 1. The number of hydrogen-bond donors (Lipinski definition) is 1. The van der Waals surface area contributed by atoms with Gasteiger partial charge in [0.1, 0.15) is 11.4 Å². The zero-order valence-corrected chi connectivity index (χ0v) is 13.4. The molecule has 1 heterocycles. The number of rotatable bonds is 9. The van der Waals surface area contributed by atoms with Gasteiger partial charge in [-0.25, -0.2) is 4.79 Å². The molecule has 2 rings (SSSR count). The van der Waals surface area contributed by atoms with Crippen LogP contribution in [-0.2, 0) is 20.7 Å². The number of methoxy groups -OCH3 is 1. The highest BCUT2D eigenvalue weighted by Gasteiger charge is 2.10. The second-order valence-corrected chi connectivity index (χ2v) is 5.12. The maximum Gasteiger partial charge on any atom is 0.354 e. The van der Waals surface area contributed by atoms with Crippen LogP contribution < -0.4 is 10.1 Å². The van der Waals surface area contributed by atoms with E-state index in [-0.39, 0.29) is 5.97 Å². The molecule has 1 N–H and O–H groups in total. The highest BCUT2D eigenvalue weighted by Crippen LogP contribution is 2.13. The molecule has 0 saturated carbocycles. The molecule has 1 aliphatic heterocycles. The number of dihydropyridines is 1. The molecular formula is C18H23NO4. The van der Waals surface area contributed by atoms with E-state index in [2.05, 4.69) is 5.32 Å². The smallest absolute Gasteiger partial charge is 0.354 e. The summed E-state index contributed by atoms with van der Waals surface area (Å²) in [5.74, 6) is 0.496. The van der Waals surface area contributed by atoms with Gasteiger partial charge >= 0.3 is 5.97 Å². The molecule has 0 amide bonds. The standard InChI is InChI=1S/C18H23NO4/c1-21-14-10-15-6-8-16(9-7-15)22-12-4-13-23-18(20)17-5-2-3-11-19-17/h3,5-9,11,19H,2,4,10,12-14H2,1H3. The Labute approximate surface area is 136 Å². The lowest BCUT2D eigenvalue weighted by molar-refractivity contribution is -0.139. The van der Waals surface area contributed by atoms with Crippen molar-refractivity contribution in [1.29, 1.82) is 0 Å². The third-order valence-electron chi connectivity index (χ3n) is 3.34. The van der Waals surface area contributed by atoms with Crippen molar-refractivity contribution in [2.24, 2.45) is 0 Å². The summed E-state index contributed by atoms with van der Waals surface area (Å²) < 4.78 is 15.9. The maximum atomic E-state index is 11.7. The van der Waals surface area contributed by atoms with E-state index in [9.17, 15) is 4.79 Å². The Bertz CT molecular complexity index is 549. The summed E-state index contributed by atoms with van der Waals surface area (Å²) in [6.07, 6.45) is 7.79. The second-order valence-electron chi connectivity index (χ2n) is 5.12. The van der Waals surface area contributed by atoms with Crippen molar-refractivity contribution >= 4 is 5.97 Å². The molecule has 0 bridgehead atoms. The molecule has 124 valence electrons. The van der Waals surface area contributed by atoms with Crippen LogP contribution in [0.3, 0.4) is 0 Å². The van der Waals surface area contributed by atoms with E-state index >= 15 is 0 Å². The first kappa shape index (κ1) is 17.1. The van der Waals surface area contributed by atoms with Gasteiger partial charge in [0.2, 0.25) is 0 Å². The zero-order chi connectivity index (χ0) is 16.3. The number of nitrogens with one attached hydrogen (secondary N) is 1. The van der Waals surface area contributed by atoms with Crippen molar-refractivity contribution in [3.05, 3.63) is 53.9 Å². The maximum absolute atomic E-state index is 11.7. The lowest BCUT2D eigenvalue weighted by Gasteiger charge is -2.11. The predicted molar refractivity (Wildman–Crippen MR) is 88.1 cm³/mol. The van der Waals surface area contributed by atoms with Crippen LogP contribution in [-0.4, -0.2) is 32.9 Å². The van der Waals surface area contributed by atoms with E-state index in [0.717, 1.165) is 18.6 Å². The summed E-state index contributed by atoms with van der Waals surface area (Å²) in [5.41, 5.74) is 1.72. The van der Waals surface area contributed by atoms with Crippen LogP contribution in [0.5, 0.6) is 5.75 Å². The normalized spacial score (nSPS) is 13.2. The fourth-order valence-corrected chi connectivity index (χ4v) is 2.07. The summed E-state index contributed by atoms with van der Waals surface area (Å²) in [5, 5.41) is 2.87. The van der Waals surface area contributed by atoms with Crippen LogP contribution in [0.4, 0.5) is 0 Å². The third kappa shape index (κ3) is 6.16. The molecule has 0 aromatic heterocycles. The quantitative estimate of drug-likeness (QED) is 0.560. The molecule has 0 saturated heterocycles. The van der Waals surface area contributed by atoms with Gasteiger partial charge in [-0.2, -0.15) is 0 Å². The Morgan fingerprint density at radius 2 is 2.00 bits per heavy atom. The van der Waals surface area contributed by atoms with Crippen molar-refractivity contribution in [3.8, 4) is 5.75 Å². The first-order valence-corrected chi connectivity index (χ1v) is 7.79. The van der Waals surface area contributed by atoms with Crippen LogP contribution >= 0.6 is 0 Å². The molecule has 0 radical (unpaired) electrons. The van der Waals surface area contributed by atoms with E-state index in [4.69, 9.17) is 14.2 Å². The van der Waals surface area contributed by atoms with Crippen LogP contribution in [0.1, 0.15) is 18.4 Å². The summed E-state index contributed by atoms with van der Waals surface area (Å²) in [6, 6.07) is 7.95. The Morgan fingerprint density at radius 1 is 1.17 bits per heavy atom. The molecule has 0 spiro atoms. The first-order chi connectivity index (χ1) is 11.3. The van der Waals surface area contributed by atoms with Gasteiger partial charge in [-0.1, -0.05) is 18.2 Å². The minimum atomic E-state index is -0.322. The lowest BCUT2D eigenvalue weighted by Crippen LogP contribution is -2.20. The minimum absolute atomic E-state index is 0.322. The van der Waals surface area contributed by atoms with Gasteiger partial charge < -0.3 is 19.5 Å². The highest BCUT2D eigenvalue weighted by atomic mass is 16.5. The number of esters is 1. The number of hydrogen-bond acceptors (Lipinski definition) is 5. The van der Waals surface area contributed by atoms with Gasteiger partial charge in [-0.05, 0) is 42.8 Å². The number of ether oxygens (including phenoxy) is 3. The summed E-state index contributed by atoms with van der Waals surface area (Å²) in [6.45, 7) is 1.57. The minimum Gasteiger partial charge on any atom is -0.493 e. The van der Waals surface area contributed by atoms with Gasteiger partial charge in [0.15, 0.2) is 0 Å². The Morgan fingerprint density at radius 3 is 2.70 bits per heavy atom. The fraction of sp³-hybridized carbons (Fsp3) is 0.389. The fourth-order valence-electron chi connectivity index (χ4n) is 2.07. The Balaban J connectivity index is 1.60. The predicted octanol–water partition coefficient (Wildman–Crippen LogP) is 2.58. The van der Waals surface area contributed by atoms with Gasteiger partial charge in [0.25, 0.3) is 0 Å². The summed E-state index contributed by atoms with van der Waals surface area (Å²) in [7, 11) is 1.70. The van der Waals surface area contributed by atoms with Crippen LogP contribution in [0.25, 0.3) is 0 Å². The zero-order valence-electron chi connectivity index (χ0n) is 13.4. The SMILES string of the molecule is COCCc1ccc(OCCCOC(=O)C2=CCC=CN2)cc1.